The van der Waals surface area contributed by atoms with Crippen LogP contribution in [0.4, 0.5) is 0 Å². The van der Waals surface area contributed by atoms with Crippen LogP contribution in [0, 0.1) is 13.8 Å². The smallest absolute Gasteiger partial charge is 0.253 e. The zero-order valence-corrected chi connectivity index (χ0v) is 17.7. The Bertz CT molecular complexity index is 936. The van der Waals surface area contributed by atoms with Crippen LogP contribution in [-0.4, -0.2) is 45.4 Å². The van der Waals surface area contributed by atoms with Crippen LogP contribution in [0.5, 0.6) is 0 Å². The maximum atomic E-state index is 12.9. The minimum atomic E-state index is -0.0777. The zero-order valence-electron chi connectivity index (χ0n) is 16.1. The number of aryl methyl sites for hydroxylation is 1. The van der Waals surface area contributed by atoms with Crippen LogP contribution in [0.1, 0.15) is 27.3 Å². The summed E-state index contributed by atoms with van der Waals surface area (Å²) in [6.07, 6.45) is 0.754. The van der Waals surface area contributed by atoms with Crippen molar-refractivity contribution in [2.45, 2.75) is 20.3 Å². The fourth-order valence-corrected chi connectivity index (χ4v) is 3.39. The molecule has 1 N–H and O–H groups in total. The van der Waals surface area contributed by atoms with E-state index in [1.807, 2.05) is 73.1 Å². The first-order valence-corrected chi connectivity index (χ1v) is 10.1. The number of hydrogen-bond donors (Lipinski definition) is 1. The Labute approximate surface area is 173 Å². The third-order valence-electron chi connectivity index (χ3n) is 4.73. The number of nitrogens with zero attached hydrogens (tertiary/aromatic N) is 3. The van der Waals surface area contributed by atoms with E-state index < -0.39 is 0 Å². The summed E-state index contributed by atoms with van der Waals surface area (Å²) in [6.45, 7) is 4.77. The number of benzene rings is 2. The van der Waals surface area contributed by atoms with Gasteiger partial charge in [-0.05, 0) is 66.0 Å². The van der Waals surface area contributed by atoms with E-state index in [0.717, 1.165) is 28.0 Å². The van der Waals surface area contributed by atoms with E-state index in [1.165, 1.54) is 5.56 Å². The Kier molecular flexibility index (Phi) is 6.65. The maximum absolute atomic E-state index is 12.9. The number of carbonyl (C=O) groups excluding carboxylic acids is 1. The van der Waals surface area contributed by atoms with E-state index in [9.17, 15) is 9.90 Å². The fraction of sp³-hybridized carbons (Fsp3) is 0.273. The molecule has 2 aromatic carbocycles. The highest BCUT2D eigenvalue weighted by molar-refractivity contribution is 9.10. The summed E-state index contributed by atoms with van der Waals surface area (Å²) < 4.78 is 2.84. The lowest BCUT2D eigenvalue weighted by Crippen LogP contribution is -2.35. The lowest BCUT2D eigenvalue weighted by atomic mass is 10.1. The Balaban J connectivity index is 1.74. The average Bonchev–Trinajstić information content (AvgIpc) is 2.99. The molecule has 1 heterocycles. The van der Waals surface area contributed by atoms with Gasteiger partial charge >= 0.3 is 0 Å². The predicted molar refractivity (Wildman–Crippen MR) is 114 cm³/mol. The highest BCUT2D eigenvalue weighted by Gasteiger charge is 2.16. The van der Waals surface area contributed by atoms with Crippen LogP contribution < -0.4 is 0 Å². The molecule has 0 bridgehead atoms. The van der Waals surface area contributed by atoms with Gasteiger partial charge in [0.2, 0.25) is 0 Å². The molecule has 6 heteroatoms. The van der Waals surface area contributed by atoms with Crippen molar-refractivity contribution in [3.63, 3.8) is 0 Å². The number of hydrogen-bond acceptors (Lipinski definition) is 3. The van der Waals surface area contributed by atoms with Crippen molar-refractivity contribution in [2.75, 3.05) is 19.7 Å². The summed E-state index contributed by atoms with van der Waals surface area (Å²) in [5.74, 6) is -0.0777. The van der Waals surface area contributed by atoms with E-state index in [-0.39, 0.29) is 12.5 Å². The molecule has 0 fully saturated rings. The molecule has 0 atom stereocenters. The van der Waals surface area contributed by atoms with E-state index >= 15 is 0 Å². The maximum Gasteiger partial charge on any atom is 0.253 e. The van der Waals surface area contributed by atoms with Gasteiger partial charge in [-0.25, -0.2) is 4.68 Å². The van der Waals surface area contributed by atoms with Gasteiger partial charge in [-0.15, -0.1) is 0 Å². The van der Waals surface area contributed by atoms with Crippen LogP contribution in [0.2, 0.25) is 0 Å². The molecule has 3 aromatic rings. The quantitative estimate of drug-likeness (QED) is 0.604. The third kappa shape index (κ3) is 4.51. The lowest BCUT2D eigenvalue weighted by molar-refractivity contribution is 0.0724. The second kappa shape index (κ2) is 9.17. The van der Waals surface area contributed by atoms with Crippen molar-refractivity contribution in [1.82, 2.24) is 14.7 Å². The lowest BCUT2D eigenvalue weighted by Gasteiger charge is -2.22. The number of aromatic nitrogens is 2. The van der Waals surface area contributed by atoms with Gasteiger partial charge in [-0.3, -0.25) is 4.79 Å². The molecule has 146 valence electrons. The monoisotopic (exact) mass is 441 g/mol. The van der Waals surface area contributed by atoms with Crippen molar-refractivity contribution >= 4 is 21.8 Å². The topological polar surface area (TPSA) is 58.4 Å². The molecule has 0 aliphatic rings. The van der Waals surface area contributed by atoms with E-state index in [1.54, 1.807) is 4.90 Å². The number of aliphatic hydroxyl groups is 1. The molecule has 0 aliphatic heterocycles. The number of rotatable bonds is 7. The van der Waals surface area contributed by atoms with Crippen molar-refractivity contribution in [2.24, 2.45) is 0 Å². The first kappa shape index (κ1) is 20.3. The number of halogens is 1. The third-order valence-corrected chi connectivity index (χ3v) is 5.88. The van der Waals surface area contributed by atoms with E-state index in [4.69, 9.17) is 0 Å². The van der Waals surface area contributed by atoms with Gasteiger partial charge in [0.25, 0.3) is 5.91 Å². The first-order chi connectivity index (χ1) is 13.5. The Morgan fingerprint density at radius 3 is 2.32 bits per heavy atom. The molecule has 5 nitrogen and oxygen atoms in total. The van der Waals surface area contributed by atoms with Gasteiger partial charge in [0.05, 0.1) is 28.2 Å². The minimum absolute atomic E-state index is 0.0571. The minimum Gasteiger partial charge on any atom is -0.395 e. The summed E-state index contributed by atoms with van der Waals surface area (Å²) >= 11 is 3.54. The largest absolute Gasteiger partial charge is 0.395 e. The van der Waals surface area contributed by atoms with Crippen molar-refractivity contribution in [1.29, 1.82) is 0 Å². The Morgan fingerprint density at radius 2 is 1.75 bits per heavy atom. The molecule has 0 unspecified atom stereocenters. The van der Waals surface area contributed by atoms with Gasteiger partial charge < -0.3 is 10.0 Å². The molecule has 28 heavy (non-hydrogen) atoms. The molecule has 0 saturated carbocycles. The normalized spacial score (nSPS) is 10.9. The summed E-state index contributed by atoms with van der Waals surface area (Å²) in [7, 11) is 0. The molecular formula is C22H24BrN3O2. The fourth-order valence-electron chi connectivity index (χ4n) is 3.15. The van der Waals surface area contributed by atoms with Crippen LogP contribution in [0.15, 0.2) is 59.1 Å². The summed E-state index contributed by atoms with van der Waals surface area (Å²) in [4.78, 5) is 14.6. The van der Waals surface area contributed by atoms with Crippen LogP contribution >= 0.6 is 15.9 Å². The molecular weight excluding hydrogens is 418 g/mol. The first-order valence-electron chi connectivity index (χ1n) is 9.27. The van der Waals surface area contributed by atoms with Crippen LogP contribution in [0.3, 0.4) is 0 Å². The van der Waals surface area contributed by atoms with Gasteiger partial charge in [0, 0.05) is 18.7 Å². The highest BCUT2D eigenvalue weighted by atomic mass is 79.9. The predicted octanol–water partition coefficient (Wildman–Crippen LogP) is 3.93. The summed E-state index contributed by atoms with van der Waals surface area (Å²) in [6, 6.07) is 17.5. The number of amides is 1. The van der Waals surface area contributed by atoms with Gasteiger partial charge in [0.15, 0.2) is 0 Å². The summed E-state index contributed by atoms with van der Waals surface area (Å²) in [5.41, 5.74) is 4.62. The molecule has 1 aromatic heterocycles. The van der Waals surface area contributed by atoms with Crippen molar-refractivity contribution in [3.05, 3.63) is 81.6 Å². The van der Waals surface area contributed by atoms with Gasteiger partial charge in [0.1, 0.15) is 0 Å². The van der Waals surface area contributed by atoms with Crippen molar-refractivity contribution in [3.8, 4) is 5.69 Å². The average molecular weight is 442 g/mol. The molecule has 0 aliphatic carbocycles. The molecule has 0 spiro atoms. The van der Waals surface area contributed by atoms with Crippen LogP contribution in [0.25, 0.3) is 5.69 Å². The SMILES string of the molecule is Cc1nn(-c2ccc(C(=O)N(CCO)CCc3ccccc3)cc2)c(C)c1Br. The van der Waals surface area contributed by atoms with Crippen LogP contribution in [-0.2, 0) is 6.42 Å². The standard InChI is InChI=1S/C22H24BrN3O2/c1-16-21(23)17(2)26(24-16)20-10-8-19(9-11-20)22(28)25(14-15-27)13-12-18-6-4-3-5-7-18/h3-11,27H,12-15H2,1-2H3. The molecule has 1 amide bonds. The number of aliphatic hydroxyl groups excluding tert-OH is 1. The van der Waals surface area contributed by atoms with E-state index in [2.05, 4.69) is 21.0 Å². The molecule has 0 saturated heterocycles. The number of carbonyl (C=O) groups is 1. The highest BCUT2D eigenvalue weighted by Crippen LogP contribution is 2.23. The molecule has 0 radical (unpaired) electrons. The van der Waals surface area contributed by atoms with Crippen molar-refractivity contribution < 1.29 is 9.90 Å². The Hall–Kier alpha value is -2.44. The Morgan fingerprint density at radius 1 is 1.07 bits per heavy atom. The van der Waals surface area contributed by atoms with Gasteiger partial charge in [-0.1, -0.05) is 30.3 Å². The van der Waals surface area contributed by atoms with E-state index in [0.29, 0.717) is 18.7 Å². The second-order valence-electron chi connectivity index (χ2n) is 6.69. The summed E-state index contributed by atoms with van der Waals surface area (Å²) in [5, 5.41) is 13.9. The molecule has 3 rings (SSSR count). The van der Waals surface area contributed by atoms with Gasteiger partial charge in [-0.2, -0.15) is 5.10 Å². The second-order valence-corrected chi connectivity index (χ2v) is 7.49. The zero-order chi connectivity index (χ0) is 20.1.